The molecule has 0 atom stereocenters. The molecule has 0 aliphatic rings. The van der Waals surface area contributed by atoms with E-state index in [1.807, 2.05) is 6.92 Å². The number of esters is 1. The number of para-hydroxylation sites is 1. The molecule has 0 unspecified atom stereocenters. The molecule has 0 bridgehead atoms. The van der Waals surface area contributed by atoms with Crippen molar-refractivity contribution < 1.29 is 23.8 Å². The van der Waals surface area contributed by atoms with Crippen molar-refractivity contribution in [1.29, 1.82) is 0 Å². The third kappa shape index (κ3) is 6.51. The Balaban J connectivity index is 2.08. The van der Waals surface area contributed by atoms with Gasteiger partial charge in [0.2, 0.25) is 5.96 Å². The lowest BCUT2D eigenvalue weighted by Gasteiger charge is -2.13. The predicted octanol–water partition coefficient (Wildman–Crippen LogP) is 1.50. The van der Waals surface area contributed by atoms with Gasteiger partial charge in [0.25, 0.3) is 5.91 Å². The second-order valence-corrected chi connectivity index (χ2v) is 5.78. The molecule has 0 saturated heterocycles. The van der Waals surface area contributed by atoms with Gasteiger partial charge in [-0.2, -0.15) is 5.10 Å². The molecular formula is C20H23N5O5. The van der Waals surface area contributed by atoms with E-state index in [2.05, 4.69) is 15.5 Å². The molecule has 2 rings (SSSR count). The van der Waals surface area contributed by atoms with Crippen molar-refractivity contribution in [2.24, 2.45) is 21.7 Å². The Bertz CT molecular complexity index is 954. The number of nitrogens with two attached hydrogens (primary N) is 2. The van der Waals surface area contributed by atoms with Gasteiger partial charge < -0.3 is 31.0 Å². The number of hydrogen-bond donors (Lipinski definition) is 3. The molecular weight excluding hydrogens is 390 g/mol. The summed E-state index contributed by atoms with van der Waals surface area (Å²) in [5.74, 6) is -0.368. The zero-order valence-corrected chi connectivity index (χ0v) is 16.6. The van der Waals surface area contributed by atoms with E-state index in [1.165, 1.54) is 13.3 Å². The van der Waals surface area contributed by atoms with Gasteiger partial charge in [0.05, 0.1) is 31.2 Å². The standard InChI is InChI=1S/C20H23N5O5/c1-3-29-17-10-13(11-23-25-20(21)22)8-9-16(17)30-12-18(26)24-15-7-5-4-6-14(15)19(27)28-2/h4-11H,3,12H2,1-2H3,(H,24,26)(H4,21,22,25). The van der Waals surface area contributed by atoms with Crippen LogP contribution >= 0.6 is 0 Å². The first-order chi connectivity index (χ1) is 14.4. The highest BCUT2D eigenvalue weighted by atomic mass is 16.5. The van der Waals surface area contributed by atoms with E-state index < -0.39 is 11.9 Å². The van der Waals surface area contributed by atoms with Crippen molar-refractivity contribution in [3.05, 3.63) is 53.6 Å². The maximum atomic E-state index is 12.3. The number of anilines is 1. The monoisotopic (exact) mass is 413 g/mol. The molecule has 0 aliphatic heterocycles. The molecule has 0 spiro atoms. The molecule has 0 fully saturated rings. The average Bonchev–Trinajstić information content (AvgIpc) is 2.73. The third-order valence-electron chi connectivity index (χ3n) is 3.61. The van der Waals surface area contributed by atoms with Crippen LogP contribution in [0.2, 0.25) is 0 Å². The summed E-state index contributed by atoms with van der Waals surface area (Å²) in [6, 6.07) is 11.5. The number of amides is 1. The summed E-state index contributed by atoms with van der Waals surface area (Å²) in [5.41, 5.74) is 11.7. The topological polar surface area (TPSA) is 151 Å². The Morgan fingerprint density at radius 3 is 2.57 bits per heavy atom. The van der Waals surface area contributed by atoms with Gasteiger partial charge in [0.15, 0.2) is 18.1 Å². The van der Waals surface area contributed by atoms with Crippen molar-refractivity contribution in [3.8, 4) is 11.5 Å². The zero-order chi connectivity index (χ0) is 21.9. The fraction of sp³-hybridized carbons (Fsp3) is 0.200. The highest BCUT2D eigenvalue weighted by Crippen LogP contribution is 2.28. The quantitative estimate of drug-likeness (QED) is 0.244. The summed E-state index contributed by atoms with van der Waals surface area (Å²) in [6.07, 6.45) is 1.45. The van der Waals surface area contributed by atoms with Gasteiger partial charge in [-0.15, -0.1) is 5.10 Å². The molecule has 10 nitrogen and oxygen atoms in total. The van der Waals surface area contributed by atoms with E-state index in [4.69, 9.17) is 25.7 Å². The van der Waals surface area contributed by atoms with Crippen molar-refractivity contribution in [2.75, 3.05) is 25.6 Å². The molecule has 2 aromatic carbocycles. The maximum Gasteiger partial charge on any atom is 0.339 e. The summed E-state index contributed by atoms with van der Waals surface area (Å²) in [6.45, 7) is 1.92. The van der Waals surface area contributed by atoms with Gasteiger partial charge in [0, 0.05) is 0 Å². The maximum absolute atomic E-state index is 12.3. The fourth-order valence-corrected chi connectivity index (χ4v) is 2.36. The number of carbonyl (C=O) groups excluding carboxylic acids is 2. The van der Waals surface area contributed by atoms with Crippen molar-refractivity contribution in [1.82, 2.24) is 0 Å². The lowest BCUT2D eigenvalue weighted by Crippen LogP contribution is -2.22. The van der Waals surface area contributed by atoms with Gasteiger partial charge in [-0.25, -0.2) is 4.79 Å². The number of carbonyl (C=O) groups is 2. The molecule has 0 aliphatic carbocycles. The number of nitrogens with one attached hydrogen (secondary N) is 1. The van der Waals surface area contributed by atoms with Gasteiger partial charge >= 0.3 is 5.97 Å². The van der Waals surface area contributed by atoms with Gasteiger partial charge in [-0.05, 0) is 42.8 Å². The van der Waals surface area contributed by atoms with E-state index in [9.17, 15) is 9.59 Å². The normalized spacial score (nSPS) is 10.3. The lowest BCUT2D eigenvalue weighted by molar-refractivity contribution is -0.118. The molecule has 1 amide bonds. The highest BCUT2D eigenvalue weighted by Gasteiger charge is 2.14. The van der Waals surface area contributed by atoms with Crippen LogP contribution in [-0.4, -0.2) is 44.4 Å². The molecule has 10 heteroatoms. The molecule has 0 saturated carbocycles. The summed E-state index contributed by atoms with van der Waals surface area (Å²) in [4.78, 5) is 24.1. The second-order valence-electron chi connectivity index (χ2n) is 5.78. The van der Waals surface area contributed by atoms with Crippen LogP contribution in [0, 0.1) is 0 Å². The number of rotatable bonds is 9. The van der Waals surface area contributed by atoms with Crippen molar-refractivity contribution in [2.45, 2.75) is 6.92 Å². The Morgan fingerprint density at radius 2 is 1.87 bits per heavy atom. The van der Waals surface area contributed by atoms with Gasteiger partial charge in [-0.1, -0.05) is 12.1 Å². The van der Waals surface area contributed by atoms with Crippen LogP contribution in [0.3, 0.4) is 0 Å². The van der Waals surface area contributed by atoms with E-state index >= 15 is 0 Å². The number of guanidine groups is 1. The first-order valence-electron chi connectivity index (χ1n) is 8.93. The zero-order valence-electron chi connectivity index (χ0n) is 16.6. The van der Waals surface area contributed by atoms with Crippen LogP contribution in [0.4, 0.5) is 5.69 Å². The largest absolute Gasteiger partial charge is 0.490 e. The second kappa shape index (κ2) is 11.1. The van der Waals surface area contributed by atoms with E-state index in [0.717, 1.165) is 0 Å². The molecule has 158 valence electrons. The Labute approximate surface area is 173 Å². The number of nitrogens with zero attached hydrogens (tertiary/aromatic N) is 2. The van der Waals surface area contributed by atoms with Crippen LogP contribution in [0.1, 0.15) is 22.8 Å². The average molecular weight is 413 g/mol. The highest BCUT2D eigenvalue weighted by molar-refractivity contribution is 6.01. The van der Waals surface area contributed by atoms with Crippen LogP contribution in [-0.2, 0) is 9.53 Å². The minimum absolute atomic E-state index is 0.156. The molecule has 5 N–H and O–H groups in total. The van der Waals surface area contributed by atoms with Gasteiger partial charge in [-0.3, -0.25) is 4.79 Å². The molecule has 0 aromatic heterocycles. The van der Waals surface area contributed by atoms with Crippen LogP contribution in [0.5, 0.6) is 11.5 Å². The lowest BCUT2D eigenvalue weighted by atomic mass is 10.2. The summed E-state index contributed by atoms with van der Waals surface area (Å²) < 4.78 is 15.9. The van der Waals surface area contributed by atoms with E-state index in [-0.39, 0.29) is 18.1 Å². The number of hydrogen-bond acceptors (Lipinski definition) is 7. The summed E-state index contributed by atoms with van der Waals surface area (Å²) in [5, 5.41) is 9.90. The molecule has 30 heavy (non-hydrogen) atoms. The molecule has 0 radical (unpaired) electrons. The van der Waals surface area contributed by atoms with Crippen molar-refractivity contribution >= 4 is 29.7 Å². The van der Waals surface area contributed by atoms with Crippen LogP contribution < -0.4 is 26.3 Å². The van der Waals surface area contributed by atoms with Crippen molar-refractivity contribution in [3.63, 3.8) is 0 Å². The molecule has 0 heterocycles. The first kappa shape index (κ1) is 22.2. The Kier molecular flexibility index (Phi) is 8.18. The Hall–Kier alpha value is -4.08. The predicted molar refractivity (Wildman–Crippen MR) is 113 cm³/mol. The summed E-state index contributed by atoms with van der Waals surface area (Å²) >= 11 is 0. The number of methoxy groups -OCH3 is 1. The number of benzene rings is 2. The minimum atomic E-state index is -0.552. The summed E-state index contributed by atoms with van der Waals surface area (Å²) in [7, 11) is 1.27. The Morgan fingerprint density at radius 1 is 1.10 bits per heavy atom. The SMILES string of the molecule is CCOc1cc(C=NN=C(N)N)ccc1OCC(=O)Nc1ccccc1C(=O)OC. The molecule has 2 aromatic rings. The van der Waals surface area contributed by atoms with Crippen LogP contribution in [0.25, 0.3) is 0 Å². The smallest absolute Gasteiger partial charge is 0.339 e. The third-order valence-corrected chi connectivity index (χ3v) is 3.61. The fourth-order valence-electron chi connectivity index (χ4n) is 2.36. The van der Waals surface area contributed by atoms with Crippen LogP contribution in [0.15, 0.2) is 52.7 Å². The first-order valence-corrected chi connectivity index (χ1v) is 8.93. The van der Waals surface area contributed by atoms with E-state index in [1.54, 1.807) is 42.5 Å². The van der Waals surface area contributed by atoms with E-state index in [0.29, 0.717) is 29.4 Å². The van der Waals surface area contributed by atoms with Gasteiger partial charge in [0.1, 0.15) is 0 Å². The number of ether oxygens (including phenoxy) is 3. The minimum Gasteiger partial charge on any atom is -0.490 e.